The number of hydrogen-bond donors (Lipinski definition) is 2. The van der Waals surface area contributed by atoms with Gasteiger partial charge in [-0.25, -0.2) is 13.1 Å². The van der Waals surface area contributed by atoms with Crippen molar-refractivity contribution in [2.75, 3.05) is 5.32 Å². The number of carbonyl (C=O) groups is 1. The quantitative estimate of drug-likeness (QED) is 0.418. The Balaban J connectivity index is 1.86. The number of nitrogens with zero attached hydrogens (tertiary/aromatic N) is 3. The number of rotatable bonds is 8. The topological polar surface area (TPSA) is 123 Å². The Morgan fingerprint density at radius 2 is 1.89 bits per heavy atom. The van der Waals surface area contributed by atoms with E-state index in [0.717, 1.165) is 16.9 Å². The average Bonchev–Trinajstić information content (AvgIpc) is 2.83. The summed E-state index contributed by atoms with van der Waals surface area (Å²) >= 11 is 11.5. The third-order valence-corrected chi connectivity index (χ3v) is 7.59. The first kappa shape index (κ1) is 28.6. The number of alkyl halides is 3. The normalized spacial score (nSPS) is 13.7. The van der Waals surface area contributed by atoms with E-state index in [9.17, 15) is 31.2 Å². The lowest BCUT2D eigenvalue weighted by atomic mass is 10.1. The average molecular weight is 578 g/mol. The van der Waals surface area contributed by atoms with Crippen molar-refractivity contribution >= 4 is 44.8 Å². The van der Waals surface area contributed by atoms with Gasteiger partial charge in [-0.05, 0) is 43.7 Å². The number of benzene rings is 1. The number of carbonyl (C=O) groups excluding carboxylic acids is 1. The highest BCUT2D eigenvalue weighted by molar-refractivity contribution is 7.89. The van der Waals surface area contributed by atoms with E-state index in [1.54, 1.807) is 4.72 Å². The zero-order valence-electron chi connectivity index (χ0n) is 19.3. The van der Waals surface area contributed by atoms with Gasteiger partial charge in [-0.1, -0.05) is 35.3 Å². The van der Waals surface area contributed by atoms with E-state index < -0.39 is 51.1 Å². The lowest BCUT2D eigenvalue weighted by molar-refractivity contribution is -0.151. The van der Waals surface area contributed by atoms with Crippen molar-refractivity contribution in [2.45, 2.75) is 43.4 Å². The number of amides is 1. The molecule has 9 nitrogen and oxygen atoms in total. The van der Waals surface area contributed by atoms with Crippen molar-refractivity contribution in [3.63, 3.8) is 0 Å². The Hall–Kier alpha value is -3.00. The number of pyridine rings is 1. The van der Waals surface area contributed by atoms with Crippen LogP contribution >= 0.6 is 23.2 Å². The fourth-order valence-corrected chi connectivity index (χ4v) is 4.98. The smallest absolute Gasteiger partial charge is 0.324 e. The molecule has 0 aliphatic carbocycles. The molecule has 0 spiro atoms. The molecule has 2 N–H and O–H groups in total. The lowest BCUT2D eigenvalue weighted by Crippen LogP contribution is -2.47. The van der Waals surface area contributed by atoms with Crippen LogP contribution < -0.4 is 15.6 Å². The summed E-state index contributed by atoms with van der Waals surface area (Å²) in [5.74, 6) is -0.767. The fraction of sp³-hybridized carbons (Fsp3) is 0.273. The zero-order valence-corrected chi connectivity index (χ0v) is 21.6. The standard InChI is InChI=1S/C22H20Cl2F3N5O4S/c1-12-6-7-15(30-20(33)13(2)32-21(34)19(24)16(23)11-29-32)9-17(12)37(35,36)31-18(22(25,26)27)10-14-5-3-4-8-28-14/h3-9,11,13,18,31H,10H2,1-2H3,(H,30,33)/t13-,18-/m1/s1. The molecule has 0 bridgehead atoms. The zero-order chi connectivity index (χ0) is 27.5. The first-order valence-electron chi connectivity index (χ1n) is 10.5. The molecule has 2 atom stereocenters. The maximum Gasteiger partial charge on any atom is 0.405 e. The molecule has 15 heteroatoms. The lowest BCUT2D eigenvalue weighted by Gasteiger charge is -2.22. The van der Waals surface area contributed by atoms with Gasteiger partial charge in [-0.3, -0.25) is 14.6 Å². The third kappa shape index (κ3) is 6.86. The number of hydrogen-bond acceptors (Lipinski definition) is 6. The molecule has 3 aromatic rings. The first-order valence-corrected chi connectivity index (χ1v) is 12.8. The minimum absolute atomic E-state index is 0.0378. The second-order valence-electron chi connectivity index (χ2n) is 7.94. The van der Waals surface area contributed by atoms with Crippen LogP contribution in [-0.4, -0.2) is 41.3 Å². The summed E-state index contributed by atoms with van der Waals surface area (Å²) in [4.78, 5) is 28.3. The predicted molar refractivity (Wildman–Crippen MR) is 131 cm³/mol. The highest BCUT2D eigenvalue weighted by atomic mass is 35.5. The maximum absolute atomic E-state index is 13.7. The molecule has 0 saturated heterocycles. The molecule has 37 heavy (non-hydrogen) atoms. The Bertz CT molecular complexity index is 1470. The Kier molecular flexibility index (Phi) is 8.63. The van der Waals surface area contributed by atoms with Crippen molar-refractivity contribution in [1.82, 2.24) is 19.5 Å². The minimum atomic E-state index is -4.90. The van der Waals surface area contributed by atoms with Crippen LogP contribution in [0.2, 0.25) is 10.0 Å². The Morgan fingerprint density at radius 3 is 2.51 bits per heavy atom. The second-order valence-corrected chi connectivity index (χ2v) is 10.4. The van der Waals surface area contributed by atoms with Crippen LogP contribution in [0.5, 0.6) is 0 Å². The van der Waals surface area contributed by atoms with Crippen LogP contribution in [0.3, 0.4) is 0 Å². The summed E-state index contributed by atoms with van der Waals surface area (Å²) in [7, 11) is -4.69. The summed E-state index contributed by atoms with van der Waals surface area (Å²) in [6.45, 7) is 2.73. The first-order chi connectivity index (χ1) is 17.2. The third-order valence-electron chi connectivity index (χ3n) is 5.22. The number of sulfonamides is 1. The summed E-state index contributed by atoms with van der Waals surface area (Å²) in [5, 5.41) is 5.76. The van der Waals surface area contributed by atoms with Crippen LogP contribution in [0.25, 0.3) is 0 Å². The Labute approximate surface area is 219 Å². The molecule has 2 aromatic heterocycles. The van der Waals surface area contributed by atoms with E-state index in [1.165, 1.54) is 50.4 Å². The van der Waals surface area contributed by atoms with E-state index in [4.69, 9.17) is 23.2 Å². The molecular weight excluding hydrogens is 558 g/mol. The van der Waals surface area contributed by atoms with Gasteiger partial charge in [0.15, 0.2) is 0 Å². The minimum Gasteiger partial charge on any atom is -0.324 e. The van der Waals surface area contributed by atoms with E-state index in [2.05, 4.69) is 15.4 Å². The highest BCUT2D eigenvalue weighted by Gasteiger charge is 2.42. The van der Waals surface area contributed by atoms with Crippen LogP contribution in [0, 0.1) is 6.92 Å². The van der Waals surface area contributed by atoms with E-state index in [0.29, 0.717) is 0 Å². The highest BCUT2D eigenvalue weighted by Crippen LogP contribution is 2.27. The maximum atomic E-state index is 13.7. The molecule has 2 heterocycles. The van der Waals surface area contributed by atoms with Gasteiger partial charge >= 0.3 is 6.18 Å². The van der Waals surface area contributed by atoms with Crippen LogP contribution in [0.1, 0.15) is 24.2 Å². The molecule has 0 aliphatic heterocycles. The number of nitrogens with one attached hydrogen (secondary N) is 2. The molecule has 1 amide bonds. The van der Waals surface area contributed by atoms with E-state index >= 15 is 0 Å². The number of aromatic nitrogens is 3. The fourth-order valence-electron chi connectivity index (χ4n) is 3.23. The summed E-state index contributed by atoms with van der Waals surface area (Å²) in [5.41, 5.74) is -0.673. The molecule has 0 radical (unpaired) electrons. The summed E-state index contributed by atoms with van der Waals surface area (Å²) in [6.07, 6.45) is -3.24. The largest absolute Gasteiger partial charge is 0.405 e. The van der Waals surface area contributed by atoms with Gasteiger partial charge in [-0.2, -0.15) is 23.0 Å². The van der Waals surface area contributed by atoms with Gasteiger partial charge in [0.05, 0.1) is 16.1 Å². The molecule has 0 fully saturated rings. The van der Waals surface area contributed by atoms with Crippen LogP contribution in [0.15, 0.2) is 58.5 Å². The van der Waals surface area contributed by atoms with Gasteiger partial charge in [0, 0.05) is 24.0 Å². The van der Waals surface area contributed by atoms with Crippen molar-refractivity contribution in [3.8, 4) is 0 Å². The SMILES string of the molecule is Cc1ccc(NC(=O)[C@@H](C)n2ncc(Cl)c(Cl)c2=O)cc1S(=O)(=O)N[C@H](Cc1ccccn1)C(F)(F)F. The van der Waals surface area contributed by atoms with Crippen molar-refractivity contribution in [3.05, 3.63) is 80.4 Å². The summed E-state index contributed by atoms with van der Waals surface area (Å²) < 4.78 is 69.5. The molecule has 0 saturated carbocycles. The molecule has 1 aromatic carbocycles. The molecule has 3 rings (SSSR count). The Morgan fingerprint density at radius 1 is 1.19 bits per heavy atom. The van der Waals surface area contributed by atoms with Gasteiger partial charge in [0.2, 0.25) is 15.9 Å². The van der Waals surface area contributed by atoms with Gasteiger partial charge in [-0.15, -0.1) is 0 Å². The van der Waals surface area contributed by atoms with Crippen molar-refractivity contribution in [1.29, 1.82) is 0 Å². The van der Waals surface area contributed by atoms with E-state index in [1.807, 2.05) is 0 Å². The molecular formula is C22H20Cl2F3N5O4S. The number of aryl methyl sites for hydroxylation is 1. The van der Waals surface area contributed by atoms with Crippen LogP contribution in [-0.2, 0) is 21.2 Å². The second kappa shape index (κ2) is 11.2. The summed E-state index contributed by atoms with van der Waals surface area (Å²) in [6, 6.07) is 4.43. The van der Waals surface area contributed by atoms with Crippen LogP contribution in [0.4, 0.5) is 18.9 Å². The monoisotopic (exact) mass is 577 g/mol. The number of halogens is 5. The van der Waals surface area contributed by atoms with Crippen molar-refractivity contribution < 1.29 is 26.4 Å². The number of anilines is 1. The molecule has 0 aliphatic rings. The predicted octanol–water partition coefficient (Wildman–Crippen LogP) is 3.91. The van der Waals surface area contributed by atoms with Crippen molar-refractivity contribution in [2.24, 2.45) is 0 Å². The molecule has 198 valence electrons. The van der Waals surface area contributed by atoms with E-state index in [-0.39, 0.29) is 27.0 Å². The molecule has 0 unspecified atom stereocenters. The van der Waals surface area contributed by atoms with Gasteiger partial charge in [0.25, 0.3) is 5.56 Å². The van der Waals surface area contributed by atoms with Gasteiger partial charge in [0.1, 0.15) is 17.1 Å². The van der Waals surface area contributed by atoms with Gasteiger partial charge < -0.3 is 5.32 Å².